The Morgan fingerprint density at radius 2 is 1.91 bits per heavy atom. The van der Waals surface area contributed by atoms with Crippen LogP contribution in [0.5, 0.6) is 0 Å². The Bertz CT molecular complexity index is 639. The number of nitrogens with one attached hydrogen (secondary N) is 2. The van der Waals surface area contributed by atoms with Crippen LogP contribution in [0.2, 0.25) is 0 Å². The highest BCUT2D eigenvalue weighted by Gasteiger charge is 2.52. The maximum absolute atomic E-state index is 12.3. The van der Waals surface area contributed by atoms with Crippen molar-refractivity contribution in [1.29, 1.82) is 0 Å². The summed E-state index contributed by atoms with van der Waals surface area (Å²) >= 11 is 0. The Balaban J connectivity index is 2.09. The number of ketones is 2. The first kappa shape index (κ1) is 16.6. The SMILES string of the molecule is C[C@H](NC(=O)[C@]1(Cc2ccccc2)NC(=O)O1)C(=O)C(=O)CF. The third kappa shape index (κ3) is 3.53. The van der Waals surface area contributed by atoms with E-state index in [0.29, 0.717) is 0 Å². The summed E-state index contributed by atoms with van der Waals surface area (Å²) in [6.45, 7) is -0.175. The van der Waals surface area contributed by atoms with E-state index >= 15 is 0 Å². The third-order valence-electron chi connectivity index (χ3n) is 3.37. The van der Waals surface area contributed by atoms with Crippen molar-refractivity contribution < 1.29 is 28.3 Å². The molecule has 0 saturated carbocycles. The van der Waals surface area contributed by atoms with E-state index in [2.05, 4.69) is 10.6 Å². The molecule has 1 aromatic rings. The number of ether oxygens (including phenoxy) is 1. The second-order valence-corrected chi connectivity index (χ2v) is 5.12. The number of carbonyl (C=O) groups excluding carboxylic acids is 4. The van der Waals surface area contributed by atoms with Gasteiger partial charge >= 0.3 is 6.09 Å². The first-order valence-electron chi connectivity index (χ1n) is 6.87. The largest absolute Gasteiger partial charge is 0.413 e. The monoisotopic (exact) mass is 322 g/mol. The maximum atomic E-state index is 12.3. The Kier molecular flexibility index (Phi) is 4.73. The molecule has 1 aliphatic rings. The van der Waals surface area contributed by atoms with E-state index in [-0.39, 0.29) is 6.42 Å². The lowest BCUT2D eigenvalue weighted by atomic mass is 9.99. The van der Waals surface area contributed by atoms with Crippen LogP contribution in [0.25, 0.3) is 0 Å². The Morgan fingerprint density at radius 1 is 1.30 bits per heavy atom. The van der Waals surface area contributed by atoms with Gasteiger partial charge < -0.3 is 10.1 Å². The third-order valence-corrected chi connectivity index (χ3v) is 3.37. The zero-order valence-corrected chi connectivity index (χ0v) is 12.3. The lowest BCUT2D eigenvalue weighted by Gasteiger charge is -2.40. The van der Waals surface area contributed by atoms with Gasteiger partial charge in [0.1, 0.15) is 0 Å². The highest BCUT2D eigenvalue weighted by molar-refractivity contribution is 6.39. The molecular weight excluding hydrogens is 307 g/mol. The summed E-state index contributed by atoms with van der Waals surface area (Å²) in [6.07, 6.45) is -0.724. The van der Waals surface area contributed by atoms with Gasteiger partial charge in [0.25, 0.3) is 11.6 Å². The molecule has 122 valence electrons. The number of cyclic esters (lactones) is 1. The van der Waals surface area contributed by atoms with E-state index in [1.54, 1.807) is 30.3 Å². The molecule has 1 saturated heterocycles. The Hall–Kier alpha value is -2.77. The lowest BCUT2D eigenvalue weighted by Crippen LogP contribution is -2.72. The molecule has 0 bridgehead atoms. The van der Waals surface area contributed by atoms with E-state index in [9.17, 15) is 23.6 Å². The van der Waals surface area contributed by atoms with Gasteiger partial charge in [0, 0.05) is 6.42 Å². The van der Waals surface area contributed by atoms with Crippen molar-refractivity contribution in [3.8, 4) is 0 Å². The van der Waals surface area contributed by atoms with Crippen LogP contribution >= 0.6 is 0 Å². The van der Waals surface area contributed by atoms with Crippen LogP contribution in [0.1, 0.15) is 12.5 Å². The molecular formula is C15H15FN2O5. The molecule has 1 aromatic carbocycles. The van der Waals surface area contributed by atoms with E-state index in [1.807, 2.05) is 0 Å². The molecule has 1 aliphatic heterocycles. The number of hydrogen-bond donors (Lipinski definition) is 2. The van der Waals surface area contributed by atoms with Gasteiger partial charge in [0.15, 0.2) is 6.67 Å². The van der Waals surface area contributed by atoms with Crippen molar-refractivity contribution in [1.82, 2.24) is 10.6 Å². The van der Waals surface area contributed by atoms with Crippen molar-refractivity contribution in [3.63, 3.8) is 0 Å². The molecule has 0 spiro atoms. The summed E-state index contributed by atoms with van der Waals surface area (Å²) in [5.74, 6) is -3.07. The van der Waals surface area contributed by atoms with Gasteiger partial charge in [0.05, 0.1) is 6.04 Å². The van der Waals surface area contributed by atoms with Crippen molar-refractivity contribution >= 4 is 23.6 Å². The van der Waals surface area contributed by atoms with Gasteiger partial charge in [-0.3, -0.25) is 19.7 Å². The number of halogens is 1. The number of Topliss-reactive ketones (excluding diaryl/α,β-unsaturated/α-hetero) is 2. The van der Waals surface area contributed by atoms with Gasteiger partial charge in [-0.25, -0.2) is 9.18 Å². The zero-order chi connectivity index (χ0) is 17.0. The smallest absolute Gasteiger partial charge is 0.413 e. The van der Waals surface area contributed by atoms with Crippen LogP contribution in [-0.2, 0) is 25.5 Å². The summed E-state index contributed by atoms with van der Waals surface area (Å²) < 4.78 is 17.1. The van der Waals surface area contributed by atoms with Gasteiger partial charge in [-0.2, -0.15) is 0 Å². The first-order chi connectivity index (χ1) is 10.9. The van der Waals surface area contributed by atoms with Gasteiger partial charge in [0.2, 0.25) is 11.6 Å². The highest BCUT2D eigenvalue weighted by Crippen LogP contribution is 2.23. The summed E-state index contributed by atoms with van der Waals surface area (Å²) in [5, 5.41) is 4.61. The van der Waals surface area contributed by atoms with Gasteiger partial charge in [-0.05, 0) is 12.5 Å². The highest BCUT2D eigenvalue weighted by atomic mass is 19.1. The fraction of sp³-hybridized carbons (Fsp3) is 0.333. The van der Waals surface area contributed by atoms with Crippen LogP contribution < -0.4 is 10.6 Å². The standard InChI is InChI=1S/C15H15FN2O5/c1-9(12(20)11(19)8-16)17-13(21)15(18-14(22)23-15)7-10-5-3-2-4-6-10/h2-6,9H,7-8H2,1H3,(H,17,21)(H,18,22)/t9-,15+/m0/s1. The normalized spacial score (nSPS) is 20.5. The molecule has 2 atom stereocenters. The Morgan fingerprint density at radius 3 is 2.43 bits per heavy atom. The molecule has 23 heavy (non-hydrogen) atoms. The quantitative estimate of drug-likeness (QED) is 0.702. The van der Waals surface area contributed by atoms with Crippen LogP contribution in [0.3, 0.4) is 0 Å². The molecule has 8 heteroatoms. The summed E-state index contributed by atoms with van der Waals surface area (Å²) in [4.78, 5) is 46.0. The Labute approximate surface area is 131 Å². The second kappa shape index (κ2) is 6.55. The van der Waals surface area contributed by atoms with Gasteiger partial charge in [-0.15, -0.1) is 0 Å². The van der Waals surface area contributed by atoms with Crippen LogP contribution in [0, 0.1) is 0 Å². The molecule has 1 heterocycles. The zero-order valence-electron chi connectivity index (χ0n) is 12.3. The summed E-state index contributed by atoms with van der Waals surface area (Å²) in [6, 6.07) is 7.56. The van der Waals surface area contributed by atoms with E-state index in [0.717, 1.165) is 5.56 Å². The number of benzene rings is 1. The fourth-order valence-electron chi connectivity index (χ4n) is 2.16. The van der Waals surface area contributed by atoms with Crippen LogP contribution in [0.15, 0.2) is 30.3 Å². The van der Waals surface area contributed by atoms with Crippen molar-refractivity contribution in [3.05, 3.63) is 35.9 Å². The van der Waals surface area contributed by atoms with Crippen molar-refractivity contribution in [2.75, 3.05) is 6.67 Å². The van der Waals surface area contributed by atoms with E-state index in [1.165, 1.54) is 6.92 Å². The molecule has 2 rings (SSSR count). The number of carbonyl (C=O) groups is 4. The topological polar surface area (TPSA) is 102 Å². The molecule has 2 amide bonds. The van der Waals surface area contributed by atoms with Crippen molar-refractivity contribution in [2.45, 2.75) is 25.1 Å². The number of hydrogen-bond acceptors (Lipinski definition) is 5. The van der Waals surface area contributed by atoms with E-state index in [4.69, 9.17) is 4.74 Å². The first-order valence-corrected chi connectivity index (χ1v) is 6.87. The predicted molar refractivity (Wildman–Crippen MR) is 76.1 cm³/mol. The molecule has 0 aromatic heterocycles. The second-order valence-electron chi connectivity index (χ2n) is 5.12. The molecule has 7 nitrogen and oxygen atoms in total. The number of amides is 2. The molecule has 2 N–H and O–H groups in total. The summed E-state index contributed by atoms with van der Waals surface area (Å²) in [5.41, 5.74) is -0.924. The fourth-order valence-corrected chi connectivity index (χ4v) is 2.16. The average Bonchev–Trinajstić information content (AvgIpc) is 2.52. The summed E-state index contributed by atoms with van der Waals surface area (Å²) in [7, 11) is 0. The molecule has 0 unspecified atom stereocenters. The van der Waals surface area contributed by atoms with E-state index < -0.39 is 42.0 Å². The minimum atomic E-state index is -1.65. The minimum Gasteiger partial charge on any atom is -0.413 e. The minimum absolute atomic E-state index is 0.0450. The van der Waals surface area contributed by atoms with Crippen molar-refractivity contribution in [2.24, 2.45) is 0 Å². The average molecular weight is 322 g/mol. The lowest BCUT2D eigenvalue weighted by molar-refractivity contribution is -0.156. The van der Waals surface area contributed by atoms with Crippen LogP contribution in [-0.4, -0.2) is 42.0 Å². The predicted octanol–water partition coefficient (Wildman–Crippen LogP) is 0.278. The van der Waals surface area contributed by atoms with Gasteiger partial charge in [-0.1, -0.05) is 30.3 Å². The molecule has 0 radical (unpaired) electrons. The maximum Gasteiger partial charge on any atom is 0.413 e. The molecule has 1 fully saturated rings. The van der Waals surface area contributed by atoms with Crippen LogP contribution in [0.4, 0.5) is 9.18 Å². The molecule has 0 aliphatic carbocycles. The number of rotatable bonds is 7. The number of alkyl halides is 1.